The van der Waals surface area contributed by atoms with Crippen molar-refractivity contribution < 1.29 is 4.79 Å². The molecule has 3 aromatic rings. The summed E-state index contributed by atoms with van der Waals surface area (Å²) in [4.78, 5) is 23.1. The van der Waals surface area contributed by atoms with Crippen LogP contribution in [0.5, 0.6) is 0 Å². The van der Waals surface area contributed by atoms with E-state index in [0.29, 0.717) is 12.2 Å². The highest BCUT2D eigenvalue weighted by Crippen LogP contribution is 2.25. The minimum Gasteiger partial charge on any atom is -0.347 e. The van der Waals surface area contributed by atoms with E-state index in [4.69, 9.17) is 0 Å². The molecular formula is C12H10N4OS2. The number of nitrogens with zero attached hydrogens (tertiary/aromatic N) is 2. The van der Waals surface area contributed by atoms with Crippen molar-refractivity contribution in [3.8, 4) is 10.6 Å². The number of hydrogen-bond acceptors (Lipinski definition) is 5. The van der Waals surface area contributed by atoms with Crippen molar-refractivity contribution >= 4 is 28.6 Å². The van der Waals surface area contributed by atoms with Crippen molar-refractivity contribution in [3.63, 3.8) is 0 Å². The number of thiophene rings is 1. The van der Waals surface area contributed by atoms with Gasteiger partial charge < -0.3 is 10.3 Å². The molecule has 2 N–H and O–H groups in total. The Bertz CT molecular complexity index is 658. The molecule has 0 atom stereocenters. The molecule has 0 aromatic carbocycles. The van der Waals surface area contributed by atoms with E-state index in [0.717, 1.165) is 16.3 Å². The van der Waals surface area contributed by atoms with Crippen molar-refractivity contribution in [2.24, 2.45) is 0 Å². The Labute approximate surface area is 117 Å². The second kappa shape index (κ2) is 5.33. The summed E-state index contributed by atoms with van der Waals surface area (Å²) in [7, 11) is 0. The Balaban J connectivity index is 1.67. The number of carbonyl (C=O) groups is 1. The van der Waals surface area contributed by atoms with E-state index in [9.17, 15) is 4.79 Å². The molecule has 3 rings (SSSR count). The maximum absolute atomic E-state index is 11.9. The zero-order chi connectivity index (χ0) is 13.1. The van der Waals surface area contributed by atoms with Gasteiger partial charge in [0, 0.05) is 22.5 Å². The number of amides is 1. The maximum Gasteiger partial charge on any atom is 0.271 e. The van der Waals surface area contributed by atoms with Crippen LogP contribution < -0.4 is 5.32 Å². The van der Waals surface area contributed by atoms with Gasteiger partial charge in [0.2, 0.25) is 0 Å². The standard InChI is InChI=1S/C12H10N4OS2/c17-11(14-4-9-3-13-7-15-9)10-6-19-12(16-10)8-1-2-18-5-8/h1-3,5-7H,4H2,(H,13,15)(H,14,17). The molecule has 0 aliphatic carbocycles. The summed E-state index contributed by atoms with van der Waals surface area (Å²) in [6.45, 7) is 0.421. The first kappa shape index (κ1) is 12.1. The molecule has 1 amide bonds. The number of imidazole rings is 1. The maximum atomic E-state index is 11.9. The average molecular weight is 290 g/mol. The molecule has 0 spiro atoms. The van der Waals surface area contributed by atoms with E-state index in [1.807, 2.05) is 16.8 Å². The third kappa shape index (κ3) is 2.72. The van der Waals surface area contributed by atoms with Crippen LogP contribution in [0.15, 0.2) is 34.7 Å². The van der Waals surface area contributed by atoms with E-state index in [1.54, 1.807) is 29.2 Å². The lowest BCUT2D eigenvalue weighted by atomic mass is 10.3. The Kier molecular flexibility index (Phi) is 3.39. The zero-order valence-electron chi connectivity index (χ0n) is 9.79. The van der Waals surface area contributed by atoms with Gasteiger partial charge in [-0.3, -0.25) is 4.79 Å². The van der Waals surface area contributed by atoms with Gasteiger partial charge in [-0.25, -0.2) is 9.97 Å². The molecule has 3 aromatic heterocycles. The molecule has 7 heteroatoms. The van der Waals surface area contributed by atoms with Gasteiger partial charge in [-0.2, -0.15) is 11.3 Å². The number of thiazole rings is 1. The summed E-state index contributed by atoms with van der Waals surface area (Å²) in [5.74, 6) is -0.174. The lowest BCUT2D eigenvalue weighted by Gasteiger charge is -2.00. The molecule has 0 saturated heterocycles. The molecule has 5 nitrogen and oxygen atoms in total. The smallest absolute Gasteiger partial charge is 0.271 e. The third-order valence-corrected chi connectivity index (χ3v) is 4.07. The fourth-order valence-corrected chi connectivity index (χ4v) is 3.06. The predicted molar refractivity (Wildman–Crippen MR) is 75.2 cm³/mol. The van der Waals surface area contributed by atoms with Crippen LogP contribution in [0.3, 0.4) is 0 Å². The minimum atomic E-state index is -0.174. The van der Waals surface area contributed by atoms with E-state index < -0.39 is 0 Å². The first-order valence-corrected chi connectivity index (χ1v) is 7.39. The lowest BCUT2D eigenvalue weighted by molar-refractivity contribution is 0.0946. The van der Waals surface area contributed by atoms with E-state index in [2.05, 4.69) is 20.3 Å². The fraction of sp³-hybridized carbons (Fsp3) is 0.0833. The number of carbonyl (C=O) groups excluding carboxylic acids is 1. The molecule has 0 unspecified atom stereocenters. The normalized spacial score (nSPS) is 10.5. The molecular weight excluding hydrogens is 280 g/mol. The zero-order valence-corrected chi connectivity index (χ0v) is 11.4. The molecule has 0 fully saturated rings. The summed E-state index contributed by atoms with van der Waals surface area (Å²) in [6, 6.07) is 2.00. The number of nitrogens with one attached hydrogen (secondary N) is 2. The summed E-state index contributed by atoms with van der Waals surface area (Å²) in [6.07, 6.45) is 3.26. The molecule has 0 bridgehead atoms. The number of H-pyrrole nitrogens is 1. The van der Waals surface area contributed by atoms with E-state index >= 15 is 0 Å². The highest BCUT2D eigenvalue weighted by Gasteiger charge is 2.11. The van der Waals surface area contributed by atoms with Crippen molar-refractivity contribution in [2.45, 2.75) is 6.54 Å². The van der Waals surface area contributed by atoms with Gasteiger partial charge in [0.05, 0.1) is 18.6 Å². The average Bonchev–Trinajstić information content (AvgIpc) is 3.14. The van der Waals surface area contributed by atoms with E-state index in [-0.39, 0.29) is 5.91 Å². The van der Waals surface area contributed by atoms with Gasteiger partial charge in [0.25, 0.3) is 5.91 Å². The Hall–Kier alpha value is -1.99. The minimum absolute atomic E-state index is 0.174. The molecule has 0 radical (unpaired) electrons. The van der Waals surface area contributed by atoms with Crippen LogP contribution >= 0.6 is 22.7 Å². The predicted octanol–water partition coefficient (Wildman–Crippen LogP) is 2.52. The van der Waals surface area contributed by atoms with Crippen molar-refractivity contribution in [3.05, 3.63) is 46.1 Å². The lowest BCUT2D eigenvalue weighted by Crippen LogP contribution is -2.23. The van der Waals surface area contributed by atoms with Crippen molar-refractivity contribution in [1.29, 1.82) is 0 Å². The van der Waals surface area contributed by atoms with Crippen LogP contribution in [-0.2, 0) is 6.54 Å². The van der Waals surface area contributed by atoms with E-state index in [1.165, 1.54) is 11.3 Å². The van der Waals surface area contributed by atoms with Crippen molar-refractivity contribution in [2.75, 3.05) is 0 Å². The topological polar surface area (TPSA) is 70.7 Å². The first-order valence-electron chi connectivity index (χ1n) is 5.56. The summed E-state index contributed by atoms with van der Waals surface area (Å²) in [5.41, 5.74) is 2.37. The Morgan fingerprint density at radius 2 is 2.37 bits per heavy atom. The van der Waals surface area contributed by atoms with Crippen molar-refractivity contribution in [1.82, 2.24) is 20.3 Å². The summed E-state index contributed by atoms with van der Waals surface area (Å²) < 4.78 is 0. The van der Waals surface area contributed by atoms with Gasteiger partial charge >= 0.3 is 0 Å². The molecule has 0 aliphatic rings. The summed E-state index contributed by atoms with van der Waals surface area (Å²) in [5, 5.41) is 9.45. The molecule has 0 saturated carbocycles. The molecule has 96 valence electrons. The van der Waals surface area contributed by atoms with Gasteiger partial charge in [-0.1, -0.05) is 0 Å². The third-order valence-electron chi connectivity index (χ3n) is 2.50. The Morgan fingerprint density at radius 1 is 1.42 bits per heavy atom. The number of hydrogen-bond donors (Lipinski definition) is 2. The van der Waals surface area contributed by atoms with Crippen LogP contribution in [0.1, 0.15) is 16.2 Å². The number of aromatic amines is 1. The van der Waals surface area contributed by atoms with Gasteiger partial charge in [-0.15, -0.1) is 11.3 Å². The fourth-order valence-electron chi connectivity index (χ4n) is 1.54. The second-order valence-electron chi connectivity index (χ2n) is 3.81. The highest BCUT2D eigenvalue weighted by atomic mass is 32.1. The summed E-state index contributed by atoms with van der Waals surface area (Å²) >= 11 is 3.09. The number of aromatic nitrogens is 3. The van der Waals surface area contributed by atoms with Crippen LogP contribution in [0.25, 0.3) is 10.6 Å². The van der Waals surface area contributed by atoms with Gasteiger partial charge in [-0.05, 0) is 11.4 Å². The van der Waals surface area contributed by atoms with Gasteiger partial charge in [0.1, 0.15) is 10.7 Å². The SMILES string of the molecule is O=C(NCc1cnc[nH]1)c1csc(-c2ccsc2)n1. The van der Waals surface area contributed by atoms with Crippen LogP contribution in [-0.4, -0.2) is 20.9 Å². The molecule has 3 heterocycles. The Morgan fingerprint density at radius 3 is 3.11 bits per heavy atom. The van der Waals surface area contributed by atoms with Gasteiger partial charge in [0.15, 0.2) is 0 Å². The monoisotopic (exact) mass is 290 g/mol. The number of rotatable bonds is 4. The second-order valence-corrected chi connectivity index (χ2v) is 5.45. The van der Waals surface area contributed by atoms with Crippen LogP contribution in [0, 0.1) is 0 Å². The first-order chi connectivity index (χ1) is 9.33. The van der Waals surface area contributed by atoms with Crippen LogP contribution in [0.4, 0.5) is 0 Å². The quantitative estimate of drug-likeness (QED) is 0.775. The molecule has 0 aliphatic heterocycles. The molecule has 19 heavy (non-hydrogen) atoms. The highest BCUT2D eigenvalue weighted by molar-refractivity contribution is 7.14. The largest absolute Gasteiger partial charge is 0.347 e. The van der Waals surface area contributed by atoms with Crippen LogP contribution in [0.2, 0.25) is 0 Å².